The standard InChI is InChI=1S/3C5F4N.In/c3*6-2-1-3(7)5(9)10-4(2)8;. The first kappa shape index (κ1) is 23.1. The van der Waals surface area contributed by atoms with Gasteiger partial charge in [-0.25, -0.2) is 0 Å². The maximum absolute atomic E-state index is 14.3. The summed E-state index contributed by atoms with van der Waals surface area (Å²) < 4.78 is 161. The van der Waals surface area contributed by atoms with Gasteiger partial charge in [-0.1, -0.05) is 0 Å². The maximum atomic E-state index is 14.3. The fraction of sp³-hybridized carbons (Fsp3) is 0. The molecule has 3 nitrogen and oxygen atoms in total. The molecular weight excluding hydrogens is 565 g/mol. The molecule has 31 heavy (non-hydrogen) atoms. The van der Waals surface area contributed by atoms with Gasteiger partial charge in [-0.2, -0.15) is 0 Å². The topological polar surface area (TPSA) is 38.7 Å². The van der Waals surface area contributed by atoms with Crippen LogP contribution in [0.4, 0.5) is 52.7 Å². The van der Waals surface area contributed by atoms with E-state index in [1.807, 2.05) is 0 Å². The zero-order valence-corrected chi connectivity index (χ0v) is 17.3. The van der Waals surface area contributed by atoms with E-state index in [0.29, 0.717) is 0 Å². The van der Waals surface area contributed by atoms with E-state index in [4.69, 9.17) is 0 Å². The molecule has 0 bridgehead atoms. The van der Waals surface area contributed by atoms with Crippen LogP contribution in [-0.4, -0.2) is 36.4 Å². The van der Waals surface area contributed by atoms with Crippen molar-refractivity contribution in [2.45, 2.75) is 0 Å². The molecular formula is C15F12InN3. The van der Waals surface area contributed by atoms with Crippen LogP contribution in [0, 0.1) is 70.6 Å². The van der Waals surface area contributed by atoms with Crippen molar-refractivity contribution in [3.63, 3.8) is 0 Å². The predicted molar refractivity (Wildman–Crippen MR) is 76.9 cm³/mol. The van der Waals surface area contributed by atoms with E-state index >= 15 is 0 Å². The second kappa shape index (κ2) is 8.20. The number of pyridine rings is 3. The van der Waals surface area contributed by atoms with E-state index in [-0.39, 0.29) is 0 Å². The number of aromatic nitrogens is 3. The Balaban J connectivity index is 2.61. The number of hydrogen-bond acceptors (Lipinski definition) is 3. The normalized spacial score (nSPS) is 11.2. The van der Waals surface area contributed by atoms with Crippen LogP contribution >= 0.6 is 0 Å². The average molecular weight is 565 g/mol. The van der Waals surface area contributed by atoms with Crippen LogP contribution < -0.4 is 9.96 Å². The molecule has 0 radical (unpaired) electrons. The Kier molecular flexibility index (Phi) is 6.12. The van der Waals surface area contributed by atoms with Crippen LogP contribution in [0.3, 0.4) is 0 Å². The van der Waals surface area contributed by atoms with Crippen LogP contribution in [0.15, 0.2) is 0 Å². The molecule has 3 rings (SSSR count). The molecule has 0 unspecified atom stereocenters. The minimum absolute atomic E-state index is 2.11. The second-order valence-corrected chi connectivity index (χ2v) is 13.1. The molecule has 0 amide bonds. The van der Waals surface area contributed by atoms with E-state index in [1.54, 1.807) is 0 Å². The molecule has 0 aliphatic heterocycles. The number of hydrogen-bond donors (Lipinski definition) is 0. The number of nitrogens with zero attached hydrogens (tertiary/aromatic N) is 3. The molecule has 3 aromatic rings. The molecule has 0 saturated carbocycles. The van der Waals surface area contributed by atoms with Gasteiger partial charge in [-0.05, 0) is 0 Å². The first-order chi connectivity index (χ1) is 14.4. The molecule has 0 N–H and O–H groups in total. The van der Waals surface area contributed by atoms with Crippen LogP contribution in [-0.2, 0) is 0 Å². The van der Waals surface area contributed by atoms with E-state index < -0.39 is 102 Å². The molecule has 0 spiro atoms. The van der Waals surface area contributed by atoms with Gasteiger partial charge in [0.15, 0.2) is 0 Å². The van der Waals surface area contributed by atoms with Crippen molar-refractivity contribution in [2.75, 3.05) is 0 Å². The van der Waals surface area contributed by atoms with Crippen LogP contribution in [0.25, 0.3) is 0 Å². The Bertz CT molecular complexity index is 1010. The molecule has 3 heterocycles. The fourth-order valence-corrected chi connectivity index (χ4v) is 11.6. The molecule has 0 saturated heterocycles. The van der Waals surface area contributed by atoms with Crippen LogP contribution in [0.2, 0.25) is 0 Å². The van der Waals surface area contributed by atoms with E-state index in [1.165, 1.54) is 0 Å². The van der Waals surface area contributed by atoms with E-state index in [0.717, 1.165) is 0 Å². The summed E-state index contributed by atoms with van der Waals surface area (Å²) in [6, 6.07) is 0. The van der Waals surface area contributed by atoms with Crippen molar-refractivity contribution in [1.82, 2.24) is 15.0 Å². The van der Waals surface area contributed by atoms with Gasteiger partial charge >= 0.3 is 170 Å². The van der Waals surface area contributed by atoms with Gasteiger partial charge in [0.2, 0.25) is 0 Å². The number of halogens is 12. The summed E-state index contributed by atoms with van der Waals surface area (Å²) in [6.45, 7) is 0. The summed E-state index contributed by atoms with van der Waals surface area (Å²) in [7, 11) is 0. The van der Waals surface area contributed by atoms with Crippen molar-refractivity contribution in [3.05, 3.63) is 70.6 Å². The second-order valence-electron chi connectivity index (χ2n) is 5.64. The molecule has 0 aliphatic carbocycles. The molecule has 0 atom stereocenters. The van der Waals surface area contributed by atoms with Crippen molar-refractivity contribution in [1.29, 1.82) is 0 Å². The molecule has 16 heteroatoms. The predicted octanol–water partition coefficient (Wildman–Crippen LogP) is 2.06. The average Bonchev–Trinajstić information content (AvgIpc) is 2.69. The van der Waals surface area contributed by atoms with Gasteiger partial charge in [0.1, 0.15) is 0 Å². The molecule has 0 aromatic carbocycles. The molecule has 0 aliphatic rings. The van der Waals surface area contributed by atoms with Crippen LogP contribution in [0.1, 0.15) is 0 Å². The Morgan fingerprint density at radius 3 is 0.645 bits per heavy atom. The van der Waals surface area contributed by atoms with E-state index in [2.05, 4.69) is 15.0 Å². The Hall–Kier alpha value is -2.52. The van der Waals surface area contributed by atoms with Gasteiger partial charge in [0.25, 0.3) is 0 Å². The monoisotopic (exact) mass is 565 g/mol. The Morgan fingerprint density at radius 1 is 0.323 bits per heavy atom. The summed E-state index contributed by atoms with van der Waals surface area (Å²) in [5.41, 5.74) is 0. The van der Waals surface area contributed by atoms with Gasteiger partial charge in [0, 0.05) is 0 Å². The van der Waals surface area contributed by atoms with Crippen molar-refractivity contribution in [2.24, 2.45) is 0 Å². The fourth-order valence-electron chi connectivity index (χ4n) is 2.70. The zero-order chi connectivity index (χ0) is 23.4. The zero-order valence-electron chi connectivity index (χ0n) is 14.0. The van der Waals surface area contributed by atoms with Crippen molar-refractivity contribution >= 4 is 31.4 Å². The van der Waals surface area contributed by atoms with Gasteiger partial charge < -0.3 is 0 Å². The summed E-state index contributed by atoms with van der Waals surface area (Å²) in [4.78, 5) is 6.35. The first-order valence-electron chi connectivity index (χ1n) is 7.48. The van der Waals surface area contributed by atoms with Crippen molar-refractivity contribution in [3.8, 4) is 0 Å². The summed E-state index contributed by atoms with van der Waals surface area (Å²) in [5.74, 6) is -30.3. The van der Waals surface area contributed by atoms with Gasteiger partial charge in [-0.3, -0.25) is 0 Å². The summed E-state index contributed by atoms with van der Waals surface area (Å²) in [5, 5.41) is 0. The summed E-state index contributed by atoms with van der Waals surface area (Å²) in [6.07, 6.45) is 0. The van der Waals surface area contributed by atoms with Crippen molar-refractivity contribution < 1.29 is 52.7 Å². The molecule has 3 aromatic heterocycles. The minimum atomic E-state index is -6.53. The summed E-state index contributed by atoms with van der Waals surface area (Å²) >= 11 is -6.53. The third kappa shape index (κ3) is 3.70. The van der Waals surface area contributed by atoms with Gasteiger partial charge in [-0.15, -0.1) is 0 Å². The Labute approximate surface area is 169 Å². The molecule has 162 valence electrons. The van der Waals surface area contributed by atoms with Crippen LogP contribution in [0.5, 0.6) is 0 Å². The number of rotatable bonds is 3. The third-order valence-corrected chi connectivity index (χ3v) is 13.2. The third-order valence-electron chi connectivity index (χ3n) is 3.96. The van der Waals surface area contributed by atoms with Gasteiger partial charge in [0.05, 0.1) is 0 Å². The molecule has 0 fully saturated rings. The SMILES string of the molecule is Fc1nc(F)c(F)[c]([In]([c]2c(F)c(F)nc(F)c2F)[c]2c(F)c(F)nc(F)c2F)c1F. The van der Waals surface area contributed by atoms with E-state index in [9.17, 15) is 52.7 Å². The first-order valence-corrected chi connectivity index (χ1v) is 12.4. The Morgan fingerprint density at radius 2 is 0.484 bits per heavy atom. The quantitative estimate of drug-likeness (QED) is 0.361.